The second-order valence-corrected chi connectivity index (χ2v) is 10.0. The Balaban J connectivity index is 0.000000141. The summed E-state index contributed by atoms with van der Waals surface area (Å²) in [6.45, 7) is 20.2. The van der Waals surface area contributed by atoms with E-state index in [1.807, 2.05) is 0 Å². The van der Waals surface area contributed by atoms with Gasteiger partial charge in [-0.05, 0) is 66.2 Å². The zero-order valence-electron chi connectivity index (χ0n) is 17.1. The first-order chi connectivity index (χ1) is 11.4. The van der Waals surface area contributed by atoms with Crippen LogP contribution in [0.4, 0.5) is 0 Å². The van der Waals surface area contributed by atoms with Crippen LogP contribution in [0.15, 0.2) is 0 Å². The molecule has 4 saturated heterocycles. The van der Waals surface area contributed by atoms with Crippen LogP contribution in [0.3, 0.4) is 0 Å². The Bertz CT molecular complexity index is 422. The summed E-state index contributed by atoms with van der Waals surface area (Å²) in [7, 11) is 0. The molecule has 2 nitrogen and oxygen atoms in total. The molecule has 2 heteroatoms. The molecular weight excluding hydrogens is 294 g/mol. The summed E-state index contributed by atoms with van der Waals surface area (Å²) in [5, 5.41) is 0. The van der Waals surface area contributed by atoms with Gasteiger partial charge in [-0.3, -0.25) is 0 Å². The Morgan fingerprint density at radius 3 is 2.21 bits per heavy atom. The average molecular weight is 336 g/mol. The van der Waals surface area contributed by atoms with Crippen molar-refractivity contribution >= 4 is 0 Å². The molecule has 6 rings (SSSR count). The lowest BCUT2D eigenvalue weighted by Crippen LogP contribution is -2.59. The van der Waals surface area contributed by atoms with Crippen LogP contribution < -0.4 is 0 Å². The van der Waals surface area contributed by atoms with E-state index in [0.717, 1.165) is 48.2 Å². The van der Waals surface area contributed by atoms with Crippen LogP contribution in [0.25, 0.3) is 0 Å². The molecule has 4 heterocycles. The molecule has 2 saturated carbocycles. The molecule has 3 atom stereocenters. The van der Waals surface area contributed by atoms with Crippen LogP contribution in [0.2, 0.25) is 0 Å². The van der Waals surface area contributed by atoms with Crippen LogP contribution in [-0.2, 0) is 4.74 Å². The van der Waals surface area contributed by atoms with Crippen molar-refractivity contribution in [2.75, 3.05) is 32.8 Å². The number of rotatable bonds is 4. The SMILES string of the molecule is CCC1C2COCC1(C(C)C)C2.CCN1CC2CC(C(C)C)(C2)C1. The third-order valence-electron chi connectivity index (χ3n) is 8.36. The van der Waals surface area contributed by atoms with Gasteiger partial charge in [0.1, 0.15) is 0 Å². The first kappa shape index (κ1) is 18.7. The van der Waals surface area contributed by atoms with E-state index in [2.05, 4.69) is 46.4 Å². The fourth-order valence-electron chi connectivity index (χ4n) is 6.52. The van der Waals surface area contributed by atoms with Crippen molar-refractivity contribution < 1.29 is 4.74 Å². The Morgan fingerprint density at radius 1 is 1.04 bits per heavy atom. The summed E-state index contributed by atoms with van der Waals surface area (Å²) in [4.78, 5) is 2.64. The van der Waals surface area contributed by atoms with Crippen LogP contribution in [0.5, 0.6) is 0 Å². The van der Waals surface area contributed by atoms with Crippen molar-refractivity contribution in [3.8, 4) is 0 Å². The lowest BCUT2D eigenvalue weighted by atomic mass is 9.48. The minimum atomic E-state index is 0.567. The van der Waals surface area contributed by atoms with E-state index in [4.69, 9.17) is 4.74 Å². The minimum Gasteiger partial charge on any atom is -0.381 e. The van der Waals surface area contributed by atoms with Gasteiger partial charge in [0.25, 0.3) is 0 Å². The van der Waals surface area contributed by atoms with Gasteiger partial charge in [-0.15, -0.1) is 0 Å². The molecule has 4 bridgehead atoms. The van der Waals surface area contributed by atoms with Crippen molar-refractivity contribution in [2.24, 2.45) is 40.4 Å². The zero-order valence-corrected chi connectivity index (χ0v) is 17.1. The highest BCUT2D eigenvalue weighted by Gasteiger charge is 2.57. The monoisotopic (exact) mass is 335 g/mol. The standard InChI is InChI=1S/C11H21N.C11H20O/c1-4-12-7-10-5-11(6-10,8-12)9(2)3;1-4-10-9-5-11(10,8(2)3)7-12-6-9/h9-10H,4-8H2,1-3H3;8-10H,4-7H2,1-3H3. The molecule has 0 aromatic rings. The Hall–Kier alpha value is -0.0800. The van der Waals surface area contributed by atoms with Gasteiger partial charge < -0.3 is 9.64 Å². The molecule has 0 aromatic carbocycles. The smallest absolute Gasteiger partial charge is 0.0527 e. The van der Waals surface area contributed by atoms with Gasteiger partial charge >= 0.3 is 0 Å². The molecule has 0 N–H and O–H groups in total. The van der Waals surface area contributed by atoms with Crippen LogP contribution in [0, 0.1) is 40.4 Å². The first-order valence-corrected chi connectivity index (χ1v) is 10.7. The lowest BCUT2D eigenvalue weighted by molar-refractivity contribution is -0.208. The molecule has 0 spiro atoms. The van der Waals surface area contributed by atoms with Gasteiger partial charge in [-0.25, -0.2) is 0 Å². The normalized spacial score (nSPS) is 43.8. The summed E-state index contributed by atoms with van der Waals surface area (Å²) in [5.41, 5.74) is 1.29. The number of hydrogen-bond acceptors (Lipinski definition) is 2. The molecule has 6 aliphatic rings. The van der Waals surface area contributed by atoms with E-state index in [1.165, 1.54) is 45.3 Å². The second-order valence-electron chi connectivity index (χ2n) is 10.0. The van der Waals surface area contributed by atoms with Crippen LogP contribution >= 0.6 is 0 Å². The van der Waals surface area contributed by atoms with Gasteiger partial charge in [0.2, 0.25) is 0 Å². The number of ether oxygens (including phenoxy) is 1. The highest BCUT2D eigenvalue weighted by atomic mass is 16.5. The first-order valence-electron chi connectivity index (χ1n) is 10.7. The molecule has 6 fully saturated rings. The van der Waals surface area contributed by atoms with E-state index in [9.17, 15) is 0 Å². The highest BCUT2D eigenvalue weighted by Crippen LogP contribution is 2.60. The van der Waals surface area contributed by atoms with Gasteiger partial charge in [-0.1, -0.05) is 48.0 Å². The molecule has 3 unspecified atom stereocenters. The summed E-state index contributed by atoms with van der Waals surface area (Å²) < 4.78 is 5.63. The number of piperidine rings is 2. The maximum absolute atomic E-state index is 5.63. The topological polar surface area (TPSA) is 12.5 Å². The van der Waals surface area contributed by atoms with Crippen molar-refractivity contribution in [1.82, 2.24) is 4.90 Å². The van der Waals surface area contributed by atoms with E-state index in [0.29, 0.717) is 5.41 Å². The van der Waals surface area contributed by atoms with E-state index >= 15 is 0 Å². The van der Waals surface area contributed by atoms with Gasteiger partial charge in [-0.2, -0.15) is 0 Å². The molecule has 0 radical (unpaired) electrons. The fourth-order valence-corrected chi connectivity index (χ4v) is 6.52. The predicted molar refractivity (Wildman–Crippen MR) is 102 cm³/mol. The number of nitrogens with zero attached hydrogens (tertiary/aromatic N) is 1. The summed E-state index contributed by atoms with van der Waals surface area (Å²) in [5.74, 6) is 4.60. The highest BCUT2D eigenvalue weighted by molar-refractivity contribution is 5.05. The predicted octanol–water partition coefficient (Wildman–Crippen LogP) is 5.08. The third kappa shape index (κ3) is 2.96. The third-order valence-corrected chi connectivity index (χ3v) is 8.36. The number of fused-ring (bicyclic) bond motifs is 4. The molecule has 140 valence electrons. The minimum absolute atomic E-state index is 0.567. The van der Waals surface area contributed by atoms with Crippen LogP contribution in [-0.4, -0.2) is 37.7 Å². The molecule has 24 heavy (non-hydrogen) atoms. The molecule has 0 aromatic heterocycles. The fraction of sp³-hybridized carbons (Fsp3) is 1.00. The number of hydrogen-bond donors (Lipinski definition) is 0. The molecule has 4 aliphatic heterocycles. The zero-order chi connectivity index (χ0) is 17.5. The van der Waals surface area contributed by atoms with Gasteiger partial charge in [0.15, 0.2) is 0 Å². The van der Waals surface area contributed by atoms with Crippen LogP contribution in [0.1, 0.15) is 67.2 Å². The van der Waals surface area contributed by atoms with E-state index in [-0.39, 0.29) is 0 Å². The van der Waals surface area contributed by atoms with Gasteiger partial charge in [0, 0.05) is 19.7 Å². The Kier molecular flexibility index (Phi) is 5.39. The molecular formula is C22H41NO. The van der Waals surface area contributed by atoms with Crippen molar-refractivity contribution in [3.05, 3.63) is 0 Å². The quantitative estimate of drug-likeness (QED) is 0.710. The Labute approximate surface area is 150 Å². The van der Waals surface area contributed by atoms with Crippen molar-refractivity contribution in [2.45, 2.75) is 67.2 Å². The maximum Gasteiger partial charge on any atom is 0.0527 e. The van der Waals surface area contributed by atoms with Crippen molar-refractivity contribution in [1.29, 1.82) is 0 Å². The summed E-state index contributed by atoms with van der Waals surface area (Å²) in [6.07, 6.45) is 5.82. The lowest BCUT2D eigenvalue weighted by Gasteiger charge is -2.61. The summed E-state index contributed by atoms with van der Waals surface area (Å²) in [6, 6.07) is 0. The summed E-state index contributed by atoms with van der Waals surface area (Å²) >= 11 is 0. The van der Waals surface area contributed by atoms with Gasteiger partial charge in [0.05, 0.1) is 6.61 Å². The van der Waals surface area contributed by atoms with Crippen molar-refractivity contribution in [3.63, 3.8) is 0 Å². The van der Waals surface area contributed by atoms with E-state index < -0.39 is 0 Å². The maximum atomic E-state index is 5.63. The Morgan fingerprint density at radius 2 is 1.75 bits per heavy atom. The largest absolute Gasteiger partial charge is 0.381 e. The second kappa shape index (κ2) is 6.91. The van der Waals surface area contributed by atoms with E-state index in [1.54, 1.807) is 0 Å². The molecule has 2 aliphatic carbocycles. The molecule has 0 amide bonds. The average Bonchev–Trinajstić information content (AvgIpc) is 2.55.